The van der Waals surface area contributed by atoms with Crippen LogP contribution in [0.25, 0.3) is 0 Å². The summed E-state index contributed by atoms with van der Waals surface area (Å²) in [5, 5.41) is 1.17. The van der Waals surface area contributed by atoms with Gasteiger partial charge < -0.3 is 9.15 Å². The van der Waals surface area contributed by atoms with Crippen molar-refractivity contribution in [3.63, 3.8) is 0 Å². The molecule has 0 saturated heterocycles. The standard InChI is InChI=1S/C18H28O2Si/c1-14(2)7-6-8-15-9-10-17(19-12-15)16-11-18(20-13-16)21(3,4)5/h7,9,11,13,17H,6,8,10,12H2,1-5H3. The van der Waals surface area contributed by atoms with Crippen molar-refractivity contribution in [2.24, 2.45) is 0 Å². The van der Waals surface area contributed by atoms with Gasteiger partial charge in [-0.1, -0.05) is 37.4 Å². The molecular weight excluding hydrogens is 276 g/mol. The van der Waals surface area contributed by atoms with Crippen LogP contribution in [0, 0.1) is 0 Å². The lowest BCUT2D eigenvalue weighted by molar-refractivity contribution is 0.0596. The second-order valence-electron chi connectivity index (χ2n) is 7.21. The summed E-state index contributed by atoms with van der Waals surface area (Å²) in [5.41, 5.74) is 4.02. The van der Waals surface area contributed by atoms with E-state index < -0.39 is 8.07 Å². The molecule has 1 aliphatic heterocycles. The van der Waals surface area contributed by atoms with Gasteiger partial charge in [-0.25, -0.2) is 0 Å². The molecule has 0 fully saturated rings. The monoisotopic (exact) mass is 304 g/mol. The van der Waals surface area contributed by atoms with E-state index in [1.807, 2.05) is 6.26 Å². The van der Waals surface area contributed by atoms with E-state index in [4.69, 9.17) is 9.15 Å². The van der Waals surface area contributed by atoms with Gasteiger partial charge in [-0.2, -0.15) is 0 Å². The largest absolute Gasteiger partial charge is 0.474 e. The first kappa shape index (κ1) is 16.3. The molecule has 0 radical (unpaired) electrons. The zero-order valence-corrected chi connectivity index (χ0v) is 15.0. The van der Waals surface area contributed by atoms with E-state index in [1.165, 1.54) is 22.1 Å². The van der Waals surface area contributed by atoms with Crippen LogP contribution in [-0.4, -0.2) is 14.7 Å². The van der Waals surface area contributed by atoms with Crippen molar-refractivity contribution in [2.75, 3.05) is 6.61 Å². The van der Waals surface area contributed by atoms with Gasteiger partial charge in [-0.05, 0) is 44.7 Å². The van der Waals surface area contributed by atoms with Crippen LogP contribution in [0.15, 0.2) is 40.0 Å². The first-order chi connectivity index (χ1) is 9.86. The van der Waals surface area contributed by atoms with Crippen LogP contribution in [0.2, 0.25) is 19.6 Å². The Kier molecular flexibility index (Phi) is 5.28. The van der Waals surface area contributed by atoms with Crippen molar-refractivity contribution < 1.29 is 9.15 Å². The minimum Gasteiger partial charge on any atom is -0.474 e. The average Bonchev–Trinajstić information content (AvgIpc) is 2.88. The summed E-state index contributed by atoms with van der Waals surface area (Å²) in [7, 11) is -1.36. The van der Waals surface area contributed by atoms with Crippen LogP contribution in [0.3, 0.4) is 0 Å². The molecule has 0 saturated carbocycles. The van der Waals surface area contributed by atoms with Crippen molar-refractivity contribution in [3.8, 4) is 0 Å². The fraction of sp³-hybridized carbons (Fsp3) is 0.556. The maximum Gasteiger partial charge on any atom is 0.123 e. The SMILES string of the molecule is CC(C)=CCCC1=CCC(c2coc([Si](C)(C)C)c2)OC1. The Bertz CT molecular complexity index is 528. The Morgan fingerprint density at radius 2 is 2.10 bits per heavy atom. The van der Waals surface area contributed by atoms with Gasteiger partial charge in [0.15, 0.2) is 0 Å². The lowest BCUT2D eigenvalue weighted by Crippen LogP contribution is -2.36. The topological polar surface area (TPSA) is 22.4 Å². The second-order valence-corrected chi connectivity index (χ2v) is 12.2. The van der Waals surface area contributed by atoms with Crippen LogP contribution >= 0.6 is 0 Å². The predicted octanol–water partition coefficient (Wildman–Crippen LogP) is 4.96. The second kappa shape index (κ2) is 6.80. The molecule has 3 heteroatoms. The average molecular weight is 305 g/mol. The lowest BCUT2D eigenvalue weighted by atomic mass is 10.0. The van der Waals surface area contributed by atoms with Gasteiger partial charge in [0.25, 0.3) is 0 Å². The molecule has 0 spiro atoms. The maximum absolute atomic E-state index is 6.03. The highest BCUT2D eigenvalue weighted by atomic mass is 28.3. The zero-order chi connectivity index (χ0) is 15.5. The first-order valence-corrected chi connectivity index (χ1v) is 11.4. The molecule has 1 unspecified atom stereocenters. The summed E-state index contributed by atoms with van der Waals surface area (Å²) < 4.78 is 11.8. The molecule has 1 atom stereocenters. The fourth-order valence-corrected chi connectivity index (χ4v) is 3.49. The molecule has 1 aliphatic rings. The smallest absolute Gasteiger partial charge is 0.123 e. The Balaban J connectivity index is 1.92. The van der Waals surface area contributed by atoms with Crippen LogP contribution in [0.1, 0.15) is 44.8 Å². The Morgan fingerprint density at radius 3 is 2.62 bits per heavy atom. The molecule has 0 amide bonds. The van der Waals surface area contributed by atoms with Crippen LogP contribution < -0.4 is 5.38 Å². The summed E-state index contributed by atoms with van der Waals surface area (Å²) in [4.78, 5) is 0. The van der Waals surface area contributed by atoms with Crippen molar-refractivity contribution in [3.05, 3.63) is 41.2 Å². The van der Waals surface area contributed by atoms with Crippen molar-refractivity contribution in [1.29, 1.82) is 0 Å². The number of ether oxygens (including phenoxy) is 1. The van der Waals surface area contributed by atoms with E-state index in [0.717, 1.165) is 25.9 Å². The van der Waals surface area contributed by atoms with E-state index in [1.54, 1.807) is 0 Å². The van der Waals surface area contributed by atoms with Gasteiger partial charge in [-0.15, -0.1) is 0 Å². The van der Waals surface area contributed by atoms with E-state index in [0.29, 0.717) is 0 Å². The number of allylic oxidation sites excluding steroid dienone is 2. The van der Waals surface area contributed by atoms with Crippen LogP contribution in [0.4, 0.5) is 0 Å². The number of hydrogen-bond acceptors (Lipinski definition) is 2. The highest BCUT2D eigenvalue weighted by molar-refractivity contribution is 6.87. The molecule has 2 rings (SSSR count). The highest BCUT2D eigenvalue weighted by Gasteiger charge is 2.24. The molecule has 0 aromatic carbocycles. The normalized spacial score (nSPS) is 19.3. The minimum atomic E-state index is -1.36. The molecule has 21 heavy (non-hydrogen) atoms. The Hall–Kier alpha value is -1.06. The summed E-state index contributed by atoms with van der Waals surface area (Å²) in [6, 6.07) is 2.21. The molecule has 116 valence electrons. The van der Waals surface area contributed by atoms with Crippen LogP contribution in [0.5, 0.6) is 0 Å². The third kappa shape index (κ3) is 4.72. The summed E-state index contributed by atoms with van der Waals surface area (Å²) in [6.45, 7) is 12.0. The molecule has 0 aliphatic carbocycles. The Labute approximate surface area is 129 Å². The molecule has 0 bridgehead atoms. The number of furan rings is 1. The van der Waals surface area contributed by atoms with Crippen molar-refractivity contribution in [2.45, 2.75) is 58.9 Å². The molecule has 0 N–H and O–H groups in total. The highest BCUT2D eigenvalue weighted by Crippen LogP contribution is 2.28. The minimum absolute atomic E-state index is 0.172. The summed E-state index contributed by atoms with van der Waals surface area (Å²) >= 11 is 0. The van der Waals surface area contributed by atoms with E-state index in [-0.39, 0.29) is 6.10 Å². The third-order valence-electron chi connectivity index (χ3n) is 3.84. The predicted molar refractivity (Wildman–Crippen MR) is 91.7 cm³/mol. The van der Waals surface area contributed by atoms with Gasteiger partial charge in [0, 0.05) is 5.56 Å². The maximum atomic E-state index is 6.03. The quantitative estimate of drug-likeness (QED) is 0.567. The molecule has 1 aromatic heterocycles. The molecule has 2 nitrogen and oxygen atoms in total. The fourth-order valence-electron chi connectivity index (χ4n) is 2.47. The third-order valence-corrected chi connectivity index (χ3v) is 5.58. The first-order valence-electron chi connectivity index (χ1n) is 7.88. The van der Waals surface area contributed by atoms with E-state index >= 15 is 0 Å². The number of hydrogen-bond donors (Lipinski definition) is 0. The van der Waals surface area contributed by atoms with Gasteiger partial charge >= 0.3 is 0 Å². The molecule has 2 heterocycles. The molecular formula is C18H28O2Si. The van der Waals surface area contributed by atoms with Gasteiger partial charge in [0.2, 0.25) is 0 Å². The summed E-state index contributed by atoms with van der Waals surface area (Å²) in [6.07, 6.45) is 9.91. The Morgan fingerprint density at radius 1 is 1.33 bits per heavy atom. The van der Waals surface area contributed by atoms with E-state index in [2.05, 4.69) is 51.7 Å². The van der Waals surface area contributed by atoms with Crippen LogP contribution in [-0.2, 0) is 4.74 Å². The number of rotatable bonds is 5. The molecule has 1 aromatic rings. The summed E-state index contributed by atoms with van der Waals surface area (Å²) in [5.74, 6) is 0. The van der Waals surface area contributed by atoms with Crippen molar-refractivity contribution >= 4 is 13.5 Å². The van der Waals surface area contributed by atoms with Gasteiger partial charge in [0.1, 0.15) is 8.07 Å². The van der Waals surface area contributed by atoms with Crippen molar-refractivity contribution in [1.82, 2.24) is 0 Å². The van der Waals surface area contributed by atoms with Gasteiger partial charge in [0.05, 0.1) is 24.4 Å². The lowest BCUT2D eigenvalue weighted by Gasteiger charge is -2.22. The zero-order valence-electron chi connectivity index (χ0n) is 14.0. The van der Waals surface area contributed by atoms with E-state index in [9.17, 15) is 0 Å². The van der Waals surface area contributed by atoms with Gasteiger partial charge in [-0.3, -0.25) is 0 Å².